The summed E-state index contributed by atoms with van der Waals surface area (Å²) in [4.78, 5) is 21.5. The van der Waals surface area contributed by atoms with E-state index in [9.17, 15) is 13.2 Å². The van der Waals surface area contributed by atoms with Gasteiger partial charge >= 0.3 is 0 Å². The summed E-state index contributed by atoms with van der Waals surface area (Å²) in [5, 5.41) is 2.86. The second-order valence-electron chi connectivity index (χ2n) is 7.86. The number of carbonyl (C=O) groups is 1. The van der Waals surface area contributed by atoms with Gasteiger partial charge in [0.15, 0.2) is 0 Å². The number of aromatic nitrogens is 3. The van der Waals surface area contributed by atoms with Gasteiger partial charge in [-0.15, -0.1) is 0 Å². The van der Waals surface area contributed by atoms with Crippen molar-refractivity contribution in [2.75, 3.05) is 11.8 Å². The first-order chi connectivity index (χ1) is 16.8. The molecule has 0 atom stereocenters. The summed E-state index contributed by atoms with van der Waals surface area (Å²) < 4.78 is 35.3. The number of ether oxygens (including phenoxy) is 1. The molecule has 9 nitrogen and oxygen atoms in total. The van der Waals surface area contributed by atoms with Crippen molar-refractivity contribution in [1.82, 2.24) is 19.9 Å². The molecule has 35 heavy (non-hydrogen) atoms. The van der Waals surface area contributed by atoms with Crippen LogP contribution in [0.15, 0.2) is 78.1 Å². The minimum atomic E-state index is -3.90. The number of aryl methyl sites for hydroxylation is 2. The van der Waals surface area contributed by atoms with Gasteiger partial charge in [0.25, 0.3) is 15.9 Å². The van der Waals surface area contributed by atoms with Crippen LogP contribution in [0.4, 0.5) is 5.69 Å². The molecule has 0 aliphatic carbocycles. The van der Waals surface area contributed by atoms with Crippen LogP contribution in [0.5, 0.6) is 5.75 Å². The second kappa shape index (κ2) is 9.98. The zero-order valence-electron chi connectivity index (χ0n) is 19.5. The smallest absolute Gasteiger partial charge is 0.261 e. The van der Waals surface area contributed by atoms with Crippen LogP contribution in [0.2, 0.25) is 0 Å². The summed E-state index contributed by atoms with van der Waals surface area (Å²) >= 11 is 0. The van der Waals surface area contributed by atoms with Crippen LogP contribution >= 0.6 is 0 Å². The SMILES string of the molecule is COc1ccc(NS(=O)(=O)c2ccc(C)c(C(=O)NCc3ccnc(-n4ccnc4C)c3)c2)cc1. The molecule has 2 N–H and O–H groups in total. The number of benzene rings is 2. The first-order valence-corrected chi connectivity index (χ1v) is 12.3. The third-order valence-corrected chi connectivity index (χ3v) is 6.82. The molecule has 0 bridgehead atoms. The highest BCUT2D eigenvalue weighted by Gasteiger charge is 2.18. The topological polar surface area (TPSA) is 115 Å². The number of nitrogens with zero attached hydrogens (tertiary/aromatic N) is 3. The van der Waals surface area contributed by atoms with Gasteiger partial charge in [0.2, 0.25) is 0 Å². The monoisotopic (exact) mass is 491 g/mol. The zero-order chi connectivity index (χ0) is 25.0. The van der Waals surface area contributed by atoms with E-state index < -0.39 is 10.0 Å². The molecule has 0 fully saturated rings. The van der Waals surface area contributed by atoms with Crippen molar-refractivity contribution >= 4 is 21.6 Å². The molecule has 4 aromatic rings. The number of pyridine rings is 1. The highest BCUT2D eigenvalue weighted by Crippen LogP contribution is 2.21. The Kier molecular flexibility index (Phi) is 6.83. The number of hydrogen-bond acceptors (Lipinski definition) is 6. The number of methoxy groups -OCH3 is 1. The van der Waals surface area contributed by atoms with E-state index in [1.54, 1.807) is 49.6 Å². The Bertz CT molecular complexity index is 1460. The Morgan fingerprint density at radius 2 is 1.77 bits per heavy atom. The lowest BCUT2D eigenvalue weighted by Gasteiger charge is -2.12. The van der Waals surface area contributed by atoms with E-state index in [0.717, 1.165) is 11.4 Å². The van der Waals surface area contributed by atoms with Gasteiger partial charge in [0.1, 0.15) is 17.4 Å². The first-order valence-electron chi connectivity index (χ1n) is 10.8. The molecule has 2 aromatic heterocycles. The van der Waals surface area contributed by atoms with Gasteiger partial charge < -0.3 is 10.1 Å². The molecule has 0 saturated carbocycles. The van der Waals surface area contributed by atoms with Crippen molar-refractivity contribution in [3.8, 4) is 11.6 Å². The fourth-order valence-corrected chi connectivity index (χ4v) is 4.57. The van der Waals surface area contributed by atoms with E-state index in [0.29, 0.717) is 22.8 Å². The van der Waals surface area contributed by atoms with Crippen molar-refractivity contribution in [2.24, 2.45) is 0 Å². The largest absolute Gasteiger partial charge is 0.497 e. The molecule has 0 unspecified atom stereocenters. The molecule has 0 aliphatic rings. The molecule has 180 valence electrons. The van der Waals surface area contributed by atoms with Gasteiger partial charge in [-0.1, -0.05) is 6.07 Å². The number of rotatable bonds is 8. The van der Waals surface area contributed by atoms with Crippen LogP contribution in [-0.4, -0.2) is 36.0 Å². The lowest BCUT2D eigenvalue weighted by atomic mass is 10.1. The molecule has 4 rings (SSSR count). The Balaban J connectivity index is 1.49. The third-order valence-electron chi connectivity index (χ3n) is 5.44. The molecule has 2 heterocycles. The number of amides is 1. The van der Waals surface area contributed by atoms with Gasteiger partial charge in [0.05, 0.1) is 12.0 Å². The predicted octanol–water partition coefficient (Wildman–Crippen LogP) is 3.62. The van der Waals surface area contributed by atoms with Crippen LogP contribution < -0.4 is 14.8 Å². The fourth-order valence-electron chi connectivity index (χ4n) is 3.49. The van der Waals surface area contributed by atoms with Crippen LogP contribution in [0.25, 0.3) is 5.82 Å². The Morgan fingerprint density at radius 1 is 1.00 bits per heavy atom. The van der Waals surface area contributed by atoms with Crippen molar-refractivity contribution in [3.05, 3.63) is 95.7 Å². The fraction of sp³-hybridized carbons (Fsp3) is 0.160. The van der Waals surface area contributed by atoms with Gasteiger partial charge in [-0.05, 0) is 73.5 Å². The van der Waals surface area contributed by atoms with E-state index in [4.69, 9.17) is 4.74 Å². The number of anilines is 1. The molecule has 0 radical (unpaired) electrons. The van der Waals surface area contributed by atoms with Crippen LogP contribution in [0.3, 0.4) is 0 Å². The van der Waals surface area contributed by atoms with E-state index >= 15 is 0 Å². The maximum atomic E-state index is 12.9. The summed E-state index contributed by atoms with van der Waals surface area (Å²) in [7, 11) is -2.36. The molecule has 1 amide bonds. The summed E-state index contributed by atoms with van der Waals surface area (Å²) in [6, 6.07) is 14.7. The van der Waals surface area contributed by atoms with Crippen molar-refractivity contribution < 1.29 is 17.9 Å². The van der Waals surface area contributed by atoms with Crippen LogP contribution in [-0.2, 0) is 16.6 Å². The second-order valence-corrected chi connectivity index (χ2v) is 9.54. The molecule has 0 aliphatic heterocycles. The van der Waals surface area contributed by atoms with Crippen molar-refractivity contribution in [3.63, 3.8) is 0 Å². The number of nitrogens with one attached hydrogen (secondary N) is 2. The van der Waals surface area contributed by atoms with Crippen LogP contribution in [0, 0.1) is 13.8 Å². The number of hydrogen-bond donors (Lipinski definition) is 2. The summed E-state index contributed by atoms with van der Waals surface area (Å²) in [5.41, 5.74) is 2.18. The van der Waals surface area contributed by atoms with E-state index in [-0.39, 0.29) is 22.9 Å². The molecule has 10 heteroatoms. The lowest BCUT2D eigenvalue weighted by Crippen LogP contribution is -2.24. The summed E-state index contributed by atoms with van der Waals surface area (Å²) in [6.45, 7) is 3.89. The van der Waals surface area contributed by atoms with Gasteiger partial charge in [-0.3, -0.25) is 14.1 Å². The molecule has 0 saturated heterocycles. The zero-order valence-corrected chi connectivity index (χ0v) is 20.3. The first kappa shape index (κ1) is 24.0. The highest BCUT2D eigenvalue weighted by atomic mass is 32.2. The quantitative estimate of drug-likeness (QED) is 0.389. The number of sulfonamides is 1. The standard InChI is InChI=1S/C25H25N5O4S/c1-17-4-9-22(35(32,33)29-20-5-7-21(34-3)8-6-20)15-23(17)25(31)28-16-19-10-11-27-24(14-19)30-13-12-26-18(30)2/h4-15,29H,16H2,1-3H3,(H,28,31). The van der Waals surface area contributed by atoms with Gasteiger partial charge in [0, 0.05) is 36.4 Å². The molecular formula is C25H25N5O4S. The third kappa shape index (κ3) is 5.49. The average molecular weight is 492 g/mol. The molecular weight excluding hydrogens is 466 g/mol. The molecule has 2 aromatic carbocycles. The number of carbonyl (C=O) groups excluding carboxylic acids is 1. The minimum Gasteiger partial charge on any atom is -0.497 e. The van der Waals surface area contributed by atoms with Crippen molar-refractivity contribution in [2.45, 2.75) is 25.3 Å². The normalized spacial score (nSPS) is 11.2. The van der Waals surface area contributed by atoms with Crippen LogP contribution in [0.1, 0.15) is 27.3 Å². The van der Waals surface area contributed by atoms with Crippen molar-refractivity contribution in [1.29, 1.82) is 0 Å². The molecule has 0 spiro atoms. The summed E-state index contributed by atoms with van der Waals surface area (Å²) in [5.74, 6) is 1.74. The lowest BCUT2D eigenvalue weighted by molar-refractivity contribution is 0.0950. The maximum absolute atomic E-state index is 12.9. The minimum absolute atomic E-state index is 0.00847. The Labute approximate surface area is 203 Å². The number of imidazole rings is 1. The van der Waals surface area contributed by atoms with E-state index in [2.05, 4.69) is 20.0 Å². The van der Waals surface area contributed by atoms with E-state index in [1.165, 1.54) is 19.2 Å². The van der Waals surface area contributed by atoms with Gasteiger partial charge in [-0.2, -0.15) is 0 Å². The highest BCUT2D eigenvalue weighted by molar-refractivity contribution is 7.92. The summed E-state index contributed by atoms with van der Waals surface area (Å²) in [6.07, 6.45) is 5.17. The predicted molar refractivity (Wildman–Crippen MR) is 132 cm³/mol. The Morgan fingerprint density at radius 3 is 2.46 bits per heavy atom. The average Bonchev–Trinajstić information content (AvgIpc) is 3.29. The Hall–Kier alpha value is -4.18. The maximum Gasteiger partial charge on any atom is 0.261 e. The van der Waals surface area contributed by atoms with E-state index in [1.807, 2.05) is 29.8 Å². The van der Waals surface area contributed by atoms with Gasteiger partial charge in [-0.25, -0.2) is 18.4 Å².